The Bertz CT molecular complexity index is 460. The molecule has 2 nitrogen and oxygen atoms in total. The van der Waals surface area contributed by atoms with Crippen molar-refractivity contribution in [3.63, 3.8) is 0 Å². The second-order valence-corrected chi connectivity index (χ2v) is 5.63. The van der Waals surface area contributed by atoms with Gasteiger partial charge in [-0.05, 0) is 25.0 Å². The highest BCUT2D eigenvalue weighted by Crippen LogP contribution is 2.52. The van der Waals surface area contributed by atoms with E-state index in [0.29, 0.717) is 11.8 Å². The van der Waals surface area contributed by atoms with Crippen LogP contribution in [0, 0.1) is 0 Å². The van der Waals surface area contributed by atoms with Gasteiger partial charge in [0, 0.05) is 11.8 Å². The van der Waals surface area contributed by atoms with Crippen LogP contribution in [-0.4, -0.2) is 18.0 Å². The zero-order valence-electron chi connectivity index (χ0n) is 10.1. The molecule has 17 heavy (non-hydrogen) atoms. The Morgan fingerprint density at radius 2 is 1.35 bits per heavy atom. The van der Waals surface area contributed by atoms with Crippen LogP contribution in [0.5, 0.6) is 0 Å². The van der Waals surface area contributed by atoms with Crippen LogP contribution in [0.15, 0.2) is 36.4 Å². The average Bonchev–Trinajstić information content (AvgIpc) is 2.65. The minimum absolute atomic E-state index is 0.190. The molecule has 0 saturated carbocycles. The predicted octanol–water partition coefficient (Wildman–Crippen LogP) is 2.96. The van der Waals surface area contributed by atoms with Gasteiger partial charge in [-0.2, -0.15) is 0 Å². The number of rotatable bonds is 0. The summed E-state index contributed by atoms with van der Waals surface area (Å²) < 4.78 is 12.1. The van der Waals surface area contributed by atoms with Gasteiger partial charge in [-0.3, -0.25) is 0 Å². The third kappa shape index (κ3) is 1.23. The van der Waals surface area contributed by atoms with Crippen molar-refractivity contribution in [3.05, 3.63) is 47.5 Å². The third-order valence-electron chi connectivity index (χ3n) is 4.11. The molecule has 2 bridgehead atoms. The SMILES string of the molecule is CC1(C)OC2C3C=CC(c4ccccc43)C2O1. The van der Waals surface area contributed by atoms with Crippen molar-refractivity contribution >= 4 is 0 Å². The number of benzene rings is 1. The van der Waals surface area contributed by atoms with Crippen molar-refractivity contribution in [2.75, 3.05) is 0 Å². The molecule has 1 aromatic rings. The predicted molar refractivity (Wildman–Crippen MR) is 64.9 cm³/mol. The van der Waals surface area contributed by atoms with Gasteiger partial charge in [0.1, 0.15) is 0 Å². The van der Waals surface area contributed by atoms with E-state index >= 15 is 0 Å². The molecule has 0 amide bonds. The summed E-state index contributed by atoms with van der Waals surface area (Å²) in [5.41, 5.74) is 2.84. The molecule has 4 unspecified atom stereocenters. The van der Waals surface area contributed by atoms with Crippen LogP contribution < -0.4 is 0 Å². The van der Waals surface area contributed by atoms with E-state index in [-0.39, 0.29) is 12.2 Å². The maximum absolute atomic E-state index is 6.07. The lowest BCUT2D eigenvalue weighted by Crippen LogP contribution is -2.41. The van der Waals surface area contributed by atoms with E-state index in [2.05, 4.69) is 36.4 Å². The van der Waals surface area contributed by atoms with Crippen molar-refractivity contribution in [1.29, 1.82) is 0 Å². The zero-order chi connectivity index (χ0) is 11.6. The summed E-state index contributed by atoms with van der Waals surface area (Å²) in [5.74, 6) is 0.283. The van der Waals surface area contributed by atoms with Gasteiger partial charge in [-0.25, -0.2) is 0 Å². The fourth-order valence-electron chi connectivity index (χ4n) is 3.51. The summed E-state index contributed by atoms with van der Waals surface area (Å²) in [5, 5.41) is 0. The third-order valence-corrected chi connectivity index (χ3v) is 4.11. The molecule has 0 aromatic heterocycles. The molecule has 4 atom stereocenters. The van der Waals surface area contributed by atoms with Gasteiger partial charge < -0.3 is 9.47 Å². The van der Waals surface area contributed by atoms with Gasteiger partial charge in [-0.15, -0.1) is 0 Å². The Hall–Kier alpha value is -1.12. The summed E-state index contributed by atoms with van der Waals surface area (Å²) in [4.78, 5) is 0. The summed E-state index contributed by atoms with van der Waals surface area (Å²) in [7, 11) is 0. The lowest BCUT2D eigenvalue weighted by molar-refractivity contribution is -0.146. The minimum atomic E-state index is -0.445. The lowest BCUT2D eigenvalue weighted by atomic mass is 9.68. The van der Waals surface area contributed by atoms with Gasteiger partial charge in [0.05, 0.1) is 12.2 Å². The highest BCUT2D eigenvalue weighted by molar-refractivity contribution is 5.47. The van der Waals surface area contributed by atoms with E-state index in [1.807, 2.05) is 13.8 Å². The van der Waals surface area contributed by atoms with Crippen LogP contribution in [0.2, 0.25) is 0 Å². The Morgan fingerprint density at radius 3 is 1.82 bits per heavy atom. The maximum atomic E-state index is 6.07. The Labute approximate surface area is 101 Å². The van der Waals surface area contributed by atoms with Gasteiger partial charge in [0.15, 0.2) is 5.79 Å². The van der Waals surface area contributed by atoms with Crippen LogP contribution >= 0.6 is 0 Å². The Morgan fingerprint density at radius 1 is 0.882 bits per heavy atom. The lowest BCUT2D eigenvalue weighted by Gasteiger charge is -2.40. The normalized spacial score (nSPS) is 40.1. The quantitative estimate of drug-likeness (QED) is 0.636. The van der Waals surface area contributed by atoms with E-state index in [4.69, 9.17) is 9.47 Å². The highest BCUT2D eigenvalue weighted by atomic mass is 16.8. The molecule has 5 rings (SSSR count). The second-order valence-electron chi connectivity index (χ2n) is 5.63. The first-order valence-corrected chi connectivity index (χ1v) is 6.28. The average molecular weight is 228 g/mol. The first kappa shape index (κ1) is 9.86. The van der Waals surface area contributed by atoms with Crippen molar-refractivity contribution in [2.45, 2.75) is 43.7 Å². The topological polar surface area (TPSA) is 18.5 Å². The van der Waals surface area contributed by atoms with Crippen molar-refractivity contribution in [2.24, 2.45) is 0 Å². The van der Waals surface area contributed by atoms with Crippen molar-refractivity contribution in [3.8, 4) is 0 Å². The molecule has 4 aliphatic rings. The van der Waals surface area contributed by atoms with Crippen LogP contribution in [0.1, 0.15) is 36.8 Å². The van der Waals surface area contributed by atoms with E-state index in [1.54, 1.807) is 0 Å². The fourth-order valence-corrected chi connectivity index (χ4v) is 3.51. The fraction of sp³-hybridized carbons (Fsp3) is 0.467. The molecule has 1 aliphatic heterocycles. The van der Waals surface area contributed by atoms with Crippen LogP contribution in [0.25, 0.3) is 0 Å². The minimum Gasteiger partial charge on any atom is -0.344 e. The van der Waals surface area contributed by atoms with Gasteiger partial charge in [-0.1, -0.05) is 36.4 Å². The van der Waals surface area contributed by atoms with E-state index in [9.17, 15) is 0 Å². The monoisotopic (exact) mass is 228 g/mol. The second kappa shape index (κ2) is 3.01. The van der Waals surface area contributed by atoms with Crippen LogP contribution in [-0.2, 0) is 9.47 Å². The van der Waals surface area contributed by atoms with E-state index in [0.717, 1.165) is 0 Å². The summed E-state index contributed by atoms with van der Waals surface area (Å²) in [6, 6.07) is 8.68. The van der Waals surface area contributed by atoms with Crippen LogP contribution in [0.3, 0.4) is 0 Å². The first-order valence-electron chi connectivity index (χ1n) is 6.28. The molecule has 1 fully saturated rings. The summed E-state index contributed by atoms with van der Waals surface area (Å²) in [6.07, 6.45) is 4.96. The summed E-state index contributed by atoms with van der Waals surface area (Å²) in [6.45, 7) is 4.02. The molecule has 2 heteroatoms. The Balaban J connectivity index is 1.86. The molecule has 3 aliphatic carbocycles. The standard InChI is InChI=1S/C15H16O2/c1-15(2)16-13-11-7-8-12(14(13)17-15)10-6-4-3-5-9(10)11/h3-8,11-14H,1-2H3. The zero-order valence-corrected chi connectivity index (χ0v) is 10.1. The van der Waals surface area contributed by atoms with E-state index < -0.39 is 5.79 Å². The molecular weight excluding hydrogens is 212 g/mol. The number of ether oxygens (including phenoxy) is 2. The van der Waals surface area contributed by atoms with Crippen LogP contribution in [0.4, 0.5) is 0 Å². The van der Waals surface area contributed by atoms with Gasteiger partial charge in [0.25, 0.3) is 0 Å². The summed E-state index contributed by atoms with van der Waals surface area (Å²) >= 11 is 0. The number of hydrogen-bond donors (Lipinski definition) is 0. The molecule has 0 radical (unpaired) electrons. The Kier molecular flexibility index (Phi) is 1.74. The van der Waals surface area contributed by atoms with Gasteiger partial charge >= 0.3 is 0 Å². The largest absolute Gasteiger partial charge is 0.344 e. The van der Waals surface area contributed by atoms with Gasteiger partial charge in [0.2, 0.25) is 0 Å². The molecule has 0 N–H and O–H groups in total. The van der Waals surface area contributed by atoms with E-state index in [1.165, 1.54) is 11.1 Å². The van der Waals surface area contributed by atoms with Crippen molar-refractivity contribution < 1.29 is 9.47 Å². The molecule has 1 saturated heterocycles. The molecule has 88 valence electrons. The maximum Gasteiger partial charge on any atom is 0.163 e. The number of hydrogen-bond acceptors (Lipinski definition) is 2. The molecule has 0 spiro atoms. The molecule has 1 aromatic carbocycles. The first-order chi connectivity index (χ1) is 8.16. The molecule has 1 heterocycles. The molecular formula is C15H16O2. The van der Waals surface area contributed by atoms with Crippen molar-refractivity contribution in [1.82, 2.24) is 0 Å². The smallest absolute Gasteiger partial charge is 0.163 e. The highest BCUT2D eigenvalue weighted by Gasteiger charge is 2.53.